The average Bonchev–Trinajstić information content (AvgIpc) is 2.94. The average molecular weight is 577 g/mol. The van der Waals surface area contributed by atoms with Gasteiger partial charge in [-0.05, 0) is 99.2 Å². The lowest BCUT2D eigenvalue weighted by Crippen LogP contribution is -2.47. The van der Waals surface area contributed by atoms with E-state index < -0.39 is 23.8 Å². The van der Waals surface area contributed by atoms with E-state index in [9.17, 15) is 20.0 Å². The molecule has 0 unspecified atom stereocenters. The van der Waals surface area contributed by atoms with Gasteiger partial charge in [0.1, 0.15) is 23.2 Å². The van der Waals surface area contributed by atoms with Gasteiger partial charge in [-0.15, -0.1) is 0 Å². The molecule has 1 N–H and O–H groups in total. The Hall–Kier alpha value is -4.06. The molecule has 9 heteroatoms. The Bertz CT molecular complexity index is 1480. The van der Waals surface area contributed by atoms with Gasteiger partial charge < -0.3 is 24.2 Å². The first-order valence-electron chi connectivity index (χ1n) is 13.3. The predicted molar refractivity (Wildman–Crippen MR) is 154 cm³/mol. The van der Waals surface area contributed by atoms with Gasteiger partial charge >= 0.3 is 12.1 Å². The van der Waals surface area contributed by atoms with Crippen LogP contribution in [0.15, 0.2) is 60.7 Å². The summed E-state index contributed by atoms with van der Waals surface area (Å²) < 4.78 is 16.6. The fourth-order valence-electron chi connectivity index (χ4n) is 4.84. The summed E-state index contributed by atoms with van der Waals surface area (Å²) in [5.41, 5.74) is 2.38. The lowest BCUT2D eigenvalue weighted by molar-refractivity contribution is 0.00194. The molecule has 41 heavy (non-hydrogen) atoms. The van der Waals surface area contributed by atoms with Gasteiger partial charge in [0.05, 0.1) is 30.9 Å². The van der Waals surface area contributed by atoms with Crippen LogP contribution in [0.5, 0.6) is 11.5 Å². The Labute approximate surface area is 245 Å². The number of hydrogen-bond acceptors (Lipinski definition) is 7. The van der Waals surface area contributed by atoms with Crippen molar-refractivity contribution >= 4 is 23.7 Å². The van der Waals surface area contributed by atoms with Gasteiger partial charge in [-0.3, -0.25) is 0 Å². The fraction of sp³-hybridized carbons (Fsp3) is 0.344. The number of aliphatic hydroxyl groups excluding tert-OH is 1. The number of nitriles is 1. The van der Waals surface area contributed by atoms with Crippen LogP contribution in [0.2, 0.25) is 5.02 Å². The second-order valence-electron chi connectivity index (χ2n) is 10.9. The third kappa shape index (κ3) is 7.57. The summed E-state index contributed by atoms with van der Waals surface area (Å²) in [6.45, 7) is 5.48. The smallest absolute Gasteiger partial charge is 0.410 e. The highest BCUT2D eigenvalue weighted by Gasteiger charge is 2.33. The predicted octanol–water partition coefficient (Wildman–Crippen LogP) is 6.62. The molecule has 1 aliphatic carbocycles. The van der Waals surface area contributed by atoms with Crippen LogP contribution in [-0.4, -0.2) is 47.4 Å². The van der Waals surface area contributed by atoms with E-state index in [1.807, 2.05) is 45.0 Å². The number of carbonyl (C=O) groups excluding carboxylic acids is 2. The van der Waals surface area contributed by atoms with E-state index >= 15 is 0 Å². The monoisotopic (exact) mass is 576 g/mol. The summed E-state index contributed by atoms with van der Waals surface area (Å²) in [5.74, 6) is 0.312. The number of amides is 1. The summed E-state index contributed by atoms with van der Waals surface area (Å²) in [6.07, 6.45) is 0.530. The third-order valence-electron chi connectivity index (χ3n) is 6.80. The number of aliphatic hydroxyl groups is 1. The van der Waals surface area contributed by atoms with Crippen LogP contribution in [0.4, 0.5) is 4.79 Å². The van der Waals surface area contributed by atoms with Crippen molar-refractivity contribution in [2.75, 3.05) is 13.7 Å². The van der Waals surface area contributed by atoms with E-state index in [1.54, 1.807) is 35.2 Å². The minimum absolute atomic E-state index is 0.0486. The quantitative estimate of drug-likeness (QED) is 0.315. The Kier molecular flexibility index (Phi) is 9.21. The van der Waals surface area contributed by atoms with Crippen molar-refractivity contribution in [3.8, 4) is 17.6 Å². The molecule has 1 aliphatic rings. The van der Waals surface area contributed by atoms with E-state index in [2.05, 4.69) is 0 Å². The van der Waals surface area contributed by atoms with Crippen molar-refractivity contribution in [1.82, 2.24) is 4.90 Å². The Morgan fingerprint density at radius 2 is 1.83 bits per heavy atom. The van der Waals surface area contributed by atoms with Crippen LogP contribution >= 0.6 is 11.6 Å². The molecule has 1 amide bonds. The molecule has 0 saturated heterocycles. The zero-order valence-corrected chi connectivity index (χ0v) is 24.3. The Morgan fingerprint density at radius 1 is 1.10 bits per heavy atom. The van der Waals surface area contributed by atoms with Crippen LogP contribution in [0, 0.1) is 11.3 Å². The number of rotatable bonds is 7. The van der Waals surface area contributed by atoms with Crippen molar-refractivity contribution in [3.63, 3.8) is 0 Å². The van der Waals surface area contributed by atoms with Crippen molar-refractivity contribution in [2.45, 2.75) is 57.8 Å². The van der Waals surface area contributed by atoms with E-state index in [1.165, 1.54) is 19.2 Å². The van der Waals surface area contributed by atoms with Crippen LogP contribution in [0.25, 0.3) is 0 Å². The first-order chi connectivity index (χ1) is 19.5. The summed E-state index contributed by atoms with van der Waals surface area (Å²) in [5, 5.41) is 20.9. The molecule has 3 aromatic rings. The van der Waals surface area contributed by atoms with Crippen molar-refractivity contribution in [3.05, 3.63) is 93.5 Å². The number of benzene rings is 3. The van der Waals surface area contributed by atoms with Crippen LogP contribution in [0.1, 0.15) is 65.9 Å². The summed E-state index contributed by atoms with van der Waals surface area (Å²) in [6, 6.07) is 19.1. The maximum atomic E-state index is 13.4. The number of ether oxygens (including phenoxy) is 3. The molecule has 0 saturated carbocycles. The minimum Gasteiger partial charge on any atom is -0.465 e. The lowest BCUT2D eigenvalue weighted by Gasteiger charge is -2.37. The van der Waals surface area contributed by atoms with Gasteiger partial charge in [-0.25, -0.2) is 9.59 Å². The van der Waals surface area contributed by atoms with Gasteiger partial charge in [-0.1, -0.05) is 29.8 Å². The topological polar surface area (TPSA) is 109 Å². The van der Waals surface area contributed by atoms with Gasteiger partial charge in [-0.2, -0.15) is 5.26 Å². The molecule has 0 bridgehead atoms. The van der Waals surface area contributed by atoms with Gasteiger partial charge in [0.15, 0.2) is 0 Å². The molecule has 4 rings (SSSR count). The highest BCUT2D eigenvalue weighted by Crippen LogP contribution is 2.32. The van der Waals surface area contributed by atoms with E-state index in [0.29, 0.717) is 34.9 Å². The lowest BCUT2D eigenvalue weighted by atomic mass is 9.87. The zero-order valence-electron chi connectivity index (χ0n) is 23.5. The molecule has 8 nitrogen and oxygen atoms in total. The Morgan fingerprint density at radius 3 is 2.51 bits per heavy atom. The van der Waals surface area contributed by atoms with E-state index in [-0.39, 0.29) is 23.7 Å². The first kappa shape index (κ1) is 29.9. The molecule has 2 atom stereocenters. The molecule has 0 fully saturated rings. The fourth-order valence-corrected chi connectivity index (χ4v) is 5.04. The van der Waals surface area contributed by atoms with Gasteiger partial charge in [0.25, 0.3) is 0 Å². The number of aryl methyl sites for hydroxylation is 1. The number of fused-ring (bicyclic) bond motifs is 1. The maximum absolute atomic E-state index is 13.4. The molecule has 0 radical (unpaired) electrons. The number of methoxy groups -OCH3 is 1. The molecule has 214 valence electrons. The maximum Gasteiger partial charge on any atom is 0.410 e. The second kappa shape index (κ2) is 12.6. The molecule has 3 aromatic carbocycles. The van der Waals surface area contributed by atoms with Crippen molar-refractivity contribution in [2.24, 2.45) is 0 Å². The SMILES string of the molecule is COC(=O)c1cc(Oc2ccc3c(c2)C[C@@H](N(C[C@H](O)c2cccc(Cl)c2)C(=O)OC(C)(C)C)CC3)ccc1C#N. The van der Waals surface area contributed by atoms with E-state index in [0.717, 1.165) is 17.5 Å². The first-order valence-corrected chi connectivity index (χ1v) is 13.7. The molecule has 0 heterocycles. The van der Waals surface area contributed by atoms with Crippen molar-refractivity contribution in [1.29, 1.82) is 5.26 Å². The van der Waals surface area contributed by atoms with Crippen molar-refractivity contribution < 1.29 is 28.9 Å². The standard InChI is InChI=1S/C32H33ClN2O6/c1-32(2,3)41-31(38)35(19-29(36)21-6-5-7-24(33)14-21)25-11-8-20-9-12-26(16-23(20)15-25)40-27-13-10-22(18-34)28(17-27)30(37)39-4/h5-7,9-10,12-14,16-17,25,29,36H,8,11,15,19H2,1-4H3/t25-,29-/m0/s1. The zero-order chi connectivity index (χ0) is 29.7. The van der Waals surface area contributed by atoms with E-state index in [4.69, 9.17) is 25.8 Å². The third-order valence-corrected chi connectivity index (χ3v) is 7.04. The summed E-state index contributed by atoms with van der Waals surface area (Å²) in [4.78, 5) is 27.1. The minimum atomic E-state index is -0.947. The number of carbonyl (C=O) groups is 2. The second-order valence-corrected chi connectivity index (χ2v) is 11.4. The molecule has 0 aromatic heterocycles. The number of hydrogen-bond donors (Lipinski definition) is 1. The molecule has 0 aliphatic heterocycles. The highest BCUT2D eigenvalue weighted by atomic mass is 35.5. The van der Waals surface area contributed by atoms with Crippen LogP contribution < -0.4 is 4.74 Å². The number of halogens is 1. The summed E-state index contributed by atoms with van der Waals surface area (Å²) in [7, 11) is 1.26. The van der Waals surface area contributed by atoms with Crippen LogP contribution in [-0.2, 0) is 22.3 Å². The van der Waals surface area contributed by atoms with Crippen LogP contribution in [0.3, 0.4) is 0 Å². The van der Waals surface area contributed by atoms with Gasteiger partial charge in [0, 0.05) is 11.1 Å². The molecular formula is C32H33ClN2O6. The highest BCUT2D eigenvalue weighted by molar-refractivity contribution is 6.30. The van der Waals surface area contributed by atoms with Gasteiger partial charge in [0.2, 0.25) is 0 Å². The normalized spacial score (nSPS) is 15.2. The Balaban J connectivity index is 1.57. The summed E-state index contributed by atoms with van der Waals surface area (Å²) >= 11 is 6.13. The number of esters is 1. The molecule has 0 spiro atoms. The largest absolute Gasteiger partial charge is 0.465 e. The number of nitrogens with zero attached hydrogens (tertiary/aromatic N) is 2. The molecular weight excluding hydrogens is 544 g/mol.